The van der Waals surface area contributed by atoms with Crippen molar-refractivity contribution in [2.24, 2.45) is 5.92 Å². The number of anilines is 1. The van der Waals surface area contributed by atoms with Crippen molar-refractivity contribution in [2.75, 3.05) is 17.1 Å². The van der Waals surface area contributed by atoms with Crippen molar-refractivity contribution in [1.82, 2.24) is 5.32 Å². The Hall–Kier alpha value is -2.41. The number of halogens is 1. The molecule has 0 heterocycles. The van der Waals surface area contributed by atoms with E-state index >= 15 is 0 Å². The highest BCUT2D eigenvalue weighted by Crippen LogP contribution is 2.23. The van der Waals surface area contributed by atoms with E-state index in [1.54, 1.807) is 0 Å². The van der Waals surface area contributed by atoms with E-state index in [9.17, 15) is 17.6 Å². The summed E-state index contributed by atoms with van der Waals surface area (Å²) in [5.74, 6) is -0.858. The van der Waals surface area contributed by atoms with Gasteiger partial charge in [0.1, 0.15) is 12.4 Å². The highest BCUT2D eigenvalue weighted by molar-refractivity contribution is 7.92. The van der Waals surface area contributed by atoms with Crippen LogP contribution in [-0.4, -0.2) is 27.1 Å². The first-order valence-electron chi connectivity index (χ1n) is 8.75. The largest absolute Gasteiger partial charge is 0.348 e. The molecule has 0 aliphatic carbocycles. The summed E-state index contributed by atoms with van der Waals surface area (Å²) in [6, 6.07) is 14.7. The maximum atomic E-state index is 14.1. The standard InChI is InChI=1S/C20H25FN2O3S/c1-15(2)13-18(16-9-5-4-6-10-16)22-20(24)14-23(27(3,25)26)19-12-8-7-11-17(19)21/h4-12,15,18H,13-14H2,1-3H3,(H,22,24)/t18-/m1/s1. The number of rotatable bonds is 8. The second kappa shape index (κ2) is 8.99. The molecule has 0 radical (unpaired) electrons. The molecule has 2 rings (SSSR count). The fraction of sp³-hybridized carbons (Fsp3) is 0.350. The summed E-state index contributed by atoms with van der Waals surface area (Å²) >= 11 is 0. The lowest BCUT2D eigenvalue weighted by Crippen LogP contribution is -2.42. The maximum Gasteiger partial charge on any atom is 0.241 e. The van der Waals surface area contributed by atoms with Gasteiger partial charge in [0, 0.05) is 0 Å². The Morgan fingerprint density at radius 2 is 1.67 bits per heavy atom. The van der Waals surface area contributed by atoms with Crippen LogP contribution in [0.4, 0.5) is 10.1 Å². The molecule has 0 bridgehead atoms. The van der Waals surface area contributed by atoms with Crippen LogP contribution < -0.4 is 9.62 Å². The molecule has 0 aromatic heterocycles. The second-order valence-electron chi connectivity index (χ2n) is 6.88. The highest BCUT2D eigenvalue weighted by atomic mass is 32.2. The third kappa shape index (κ3) is 6.06. The number of amides is 1. The van der Waals surface area contributed by atoms with E-state index in [4.69, 9.17) is 0 Å². The number of benzene rings is 2. The smallest absolute Gasteiger partial charge is 0.241 e. The maximum absolute atomic E-state index is 14.1. The van der Waals surface area contributed by atoms with E-state index < -0.39 is 28.3 Å². The van der Waals surface area contributed by atoms with Crippen LogP contribution in [0.25, 0.3) is 0 Å². The molecule has 0 fully saturated rings. The predicted molar refractivity (Wildman–Crippen MR) is 105 cm³/mol. The highest BCUT2D eigenvalue weighted by Gasteiger charge is 2.25. The minimum atomic E-state index is -3.83. The molecule has 27 heavy (non-hydrogen) atoms. The van der Waals surface area contributed by atoms with Crippen LogP contribution in [0.2, 0.25) is 0 Å². The zero-order chi connectivity index (χ0) is 20.0. The Morgan fingerprint density at radius 1 is 1.07 bits per heavy atom. The van der Waals surface area contributed by atoms with Crippen LogP contribution in [0.1, 0.15) is 31.9 Å². The van der Waals surface area contributed by atoms with Crippen molar-refractivity contribution in [2.45, 2.75) is 26.3 Å². The first-order valence-corrected chi connectivity index (χ1v) is 10.6. The van der Waals surface area contributed by atoms with E-state index in [2.05, 4.69) is 5.32 Å². The van der Waals surface area contributed by atoms with Gasteiger partial charge in [-0.3, -0.25) is 9.10 Å². The van der Waals surface area contributed by atoms with E-state index in [0.717, 1.165) is 22.2 Å². The lowest BCUT2D eigenvalue weighted by atomic mass is 9.97. The summed E-state index contributed by atoms with van der Waals surface area (Å²) in [5.41, 5.74) is 0.798. The number of para-hydroxylation sites is 1. The number of hydrogen-bond acceptors (Lipinski definition) is 3. The van der Waals surface area contributed by atoms with Gasteiger partial charge in [-0.1, -0.05) is 56.3 Å². The van der Waals surface area contributed by atoms with Gasteiger partial charge in [-0.05, 0) is 30.0 Å². The molecule has 1 amide bonds. The predicted octanol–water partition coefficient (Wildman–Crippen LogP) is 3.50. The Kier molecular flexibility index (Phi) is 6.96. The minimum Gasteiger partial charge on any atom is -0.348 e. The number of carbonyl (C=O) groups is 1. The second-order valence-corrected chi connectivity index (χ2v) is 8.79. The van der Waals surface area contributed by atoms with Gasteiger partial charge >= 0.3 is 0 Å². The number of nitrogens with zero attached hydrogens (tertiary/aromatic N) is 1. The third-order valence-electron chi connectivity index (χ3n) is 4.05. The fourth-order valence-electron chi connectivity index (χ4n) is 2.84. The van der Waals surface area contributed by atoms with Gasteiger partial charge < -0.3 is 5.32 Å². The SMILES string of the molecule is CC(C)C[C@@H](NC(=O)CN(c1ccccc1F)S(C)(=O)=O)c1ccccc1. The molecule has 0 saturated heterocycles. The molecule has 1 N–H and O–H groups in total. The average molecular weight is 392 g/mol. The third-order valence-corrected chi connectivity index (χ3v) is 5.18. The summed E-state index contributed by atoms with van der Waals surface area (Å²) in [7, 11) is -3.83. The molecule has 5 nitrogen and oxygen atoms in total. The van der Waals surface area contributed by atoms with Gasteiger partial charge in [0.05, 0.1) is 18.0 Å². The van der Waals surface area contributed by atoms with Crippen LogP contribution in [0.15, 0.2) is 54.6 Å². The summed E-state index contributed by atoms with van der Waals surface area (Å²) in [6.07, 6.45) is 1.66. The fourth-order valence-corrected chi connectivity index (χ4v) is 3.70. The summed E-state index contributed by atoms with van der Waals surface area (Å²) in [4.78, 5) is 12.6. The number of carbonyl (C=O) groups excluding carboxylic acids is 1. The van der Waals surface area contributed by atoms with Gasteiger partial charge in [0.15, 0.2) is 0 Å². The van der Waals surface area contributed by atoms with E-state index in [1.807, 2.05) is 44.2 Å². The van der Waals surface area contributed by atoms with Crippen molar-refractivity contribution >= 4 is 21.6 Å². The topological polar surface area (TPSA) is 66.5 Å². The monoisotopic (exact) mass is 392 g/mol. The van der Waals surface area contributed by atoms with Gasteiger partial charge in [-0.15, -0.1) is 0 Å². The molecular formula is C20H25FN2O3S. The lowest BCUT2D eigenvalue weighted by molar-refractivity contribution is -0.120. The van der Waals surface area contributed by atoms with Crippen LogP contribution in [0.5, 0.6) is 0 Å². The number of hydrogen-bond donors (Lipinski definition) is 1. The van der Waals surface area contributed by atoms with Crippen LogP contribution >= 0.6 is 0 Å². The van der Waals surface area contributed by atoms with E-state index in [1.165, 1.54) is 18.2 Å². The van der Waals surface area contributed by atoms with E-state index in [0.29, 0.717) is 12.3 Å². The molecule has 0 unspecified atom stereocenters. The molecular weight excluding hydrogens is 367 g/mol. The quantitative estimate of drug-likeness (QED) is 0.748. The summed E-state index contributed by atoms with van der Waals surface area (Å²) in [6.45, 7) is 3.61. The molecule has 0 saturated carbocycles. The zero-order valence-corrected chi connectivity index (χ0v) is 16.5. The molecule has 2 aromatic carbocycles. The minimum absolute atomic E-state index is 0.143. The lowest BCUT2D eigenvalue weighted by Gasteiger charge is -2.25. The Morgan fingerprint density at radius 3 is 2.22 bits per heavy atom. The first-order chi connectivity index (χ1) is 12.7. The number of nitrogens with one attached hydrogen (secondary N) is 1. The van der Waals surface area contributed by atoms with Gasteiger partial charge in [0.25, 0.3) is 0 Å². The average Bonchev–Trinajstić information content (AvgIpc) is 2.59. The molecule has 0 aliphatic heterocycles. The Labute approximate surface area is 160 Å². The summed E-state index contributed by atoms with van der Waals surface area (Å²) in [5, 5.41) is 2.89. The van der Waals surface area contributed by atoms with Crippen molar-refractivity contribution < 1.29 is 17.6 Å². The van der Waals surface area contributed by atoms with Crippen molar-refractivity contribution in [3.05, 3.63) is 66.0 Å². The Bertz CT molecular complexity index is 870. The molecule has 7 heteroatoms. The van der Waals surface area contributed by atoms with Crippen molar-refractivity contribution in [1.29, 1.82) is 0 Å². The van der Waals surface area contributed by atoms with Crippen molar-refractivity contribution in [3.8, 4) is 0 Å². The van der Waals surface area contributed by atoms with Gasteiger partial charge in [-0.25, -0.2) is 12.8 Å². The Balaban J connectivity index is 2.22. The molecule has 2 aromatic rings. The number of sulfonamides is 1. The molecule has 0 aliphatic rings. The van der Waals surface area contributed by atoms with Crippen LogP contribution in [-0.2, 0) is 14.8 Å². The molecule has 0 spiro atoms. The normalized spacial score (nSPS) is 12.6. The molecule has 146 valence electrons. The summed E-state index contributed by atoms with van der Waals surface area (Å²) < 4.78 is 39.1. The molecule has 1 atom stereocenters. The zero-order valence-electron chi connectivity index (χ0n) is 15.7. The van der Waals surface area contributed by atoms with Gasteiger partial charge in [-0.2, -0.15) is 0 Å². The van der Waals surface area contributed by atoms with E-state index in [-0.39, 0.29) is 11.7 Å². The van der Waals surface area contributed by atoms with Crippen LogP contribution in [0.3, 0.4) is 0 Å². The van der Waals surface area contributed by atoms with Crippen molar-refractivity contribution in [3.63, 3.8) is 0 Å². The van der Waals surface area contributed by atoms with Gasteiger partial charge in [0.2, 0.25) is 15.9 Å². The first kappa shape index (κ1) is 20.9. The van der Waals surface area contributed by atoms with Crippen LogP contribution in [0, 0.1) is 11.7 Å².